The molecule has 0 aliphatic rings. The summed E-state index contributed by atoms with van der Waals surface area (Å²) in [5, 5.41) is 4.19. The zero-order chi connectivity index (χ0) is 8.53. The fourth-order valence-electron chi connectivity index (χ4n) is 0.603. The summed E-state index contributed by atoms with van der Waals surface area (Å²) in [6.07, 6.45) is 0. The summed E-state index contributed by atoms with van der Waals surface area (Å²) < 4.78 is 0. The van der Waals surface area contributed by atoms with E-state index in [1.165, 1.54) is 0 Å². The van der Waals surface area contributed by atoms with Crippen molar-refractivity contribution in [1.82, 2.24) is 5.32 Å². The van der Waals surface area contributed by atoms with Crippen molar-refractivity contribution in [2.75, 3.05) is 25.4 Å². The maximum atomic E-state index is 5.37. The van der Waals surface area contributed by atoms with Gasteiger partial charge in [-0.1, -0.05) is 11.8 Å². The van der Waals surface area contributed by atoms with E-state index in [1.807, 2.05) is 6.92 Å². The van der Waals surface area contributed by atoms with Crippen LogP contribution in [0.1, 0.15) is 13.8 Å². The molecule has 0 bridgehead atoms. The minimum Gasteiger partial charge on any atom is -0.365 e. The number of halogens is 2. The lowest BCUT2D eigenvalue weighted by Gasteiger charge is -2.05. The Labute approximate surface area is 106 Å². The number of amidine groups is 1. The van der Waals surface area contributed by atoms with Gasteiger partial charge in [0.1, 0.15) is 0 Å². The van der Waals surface area contributed by atoms with Gasteiger partial charge in [-0.3, -0.25) is 4.99 Å². The molecule has 0 aromatic heterocycles. The monoisotopic (exact) mass is 335 g/mol. The average molecular weight is 337 g/mol. The lowest BCUT2D eigenvalue weighted by molar-refractivity contribution is 0.964. The Hall–Kier alpha value is 0.740. The average Bonchev–Trinajstić information content (AvgIpc) is 2.01. The van der Waals surface area contributed by atoms with Crippen molar-refractivity contribution in [2.45, 2.75) is 13.8 Å². The maximum absolute atomic E-state index is 5.37. The van der Waals surface area contributed by atoms with Gasteiger partial charge in [-0.2, -0.15) is 0 Å². The van der Waals surface area contributed by atoms with Gasteiger partial charge in [0.2, 0.25) is 0 Å². The second-order valence-corrected chi connectivity index (χ2v) is 3.03. The zero-order valence-corrected chi connectivity index (χ0v) is 12.3. The highest BCUT2D eigenvalue weighted by Gasteiger charge is 1.94. The standard InChI is InChI=1S/C7H17N3S.2BrH/c1-3-9-7(10-4-2)11-6-5-8;;/h3-6,8H2,1-2H3,(H,9,10);2*1H. The van der Waals surface area contributed by atoms with E-state index in [1.54, 1.807) is 11.8 Å². The summed E-state index contributed by atoms with van der Waals surface area (Å²) in [4.78, 5) is 4.26. The second kappa shape index (κ2) is 15.2. The first-order valence-electron chi connectivity index (χ1n) is 3.96. The summed E-state index contributed by atoms with van der Waals surface area (Å²) >= 11 is 1.68. The number of nitrogens with zero attached hydrogens (tertiary/aromatic N) is 1. The second-order valence-electron chi connectivity index (χ2n) is 1.95. The van der Waals surface area contributed by atoms with Crippen LogP contribution in [0.5, 0.6) is 0 Å². The van der Waals surface area contributed by atoms with E-state index in [0.29, 0.717) is 6.54 Å². The largest absolute Gasteiger partial charge is 0.365 e. The van der Waals surface area contributed by atoms with Gasteiger partial charge in [-0.15, -0.1) is 34.0 Å². The zero-order valence-electron chi connectivity index (χ0n) is 8.08. The minimum absolute atomic E-state index is 0. The van der Waals surface area contributed by atoms with Crippen molar-refractivity contribution >= 4 is 50.9 Å². The Kier molecular flexibility index (Phi) is 22.6. The van der Waals surface area contributed by atoms with Gasteiger partial charge in [0.15, 0.2) is 5.17 Å². The normalized spacial score (nSPS) is 9.92. The highest BCUT2D eigenvalue weighted by Crippen LogP contribution is 1.99. The van der Waals surface area contributed by atoms with E-state index in [0.717, 1.165) is 24.0 Å². The summed E-state index contributed by atoms with van der Waals surface area (Å²) in [5.74, 6) is 0.936. The van der Waals surface area contributed by atoms with Crippen molar-refractivity contribution < 1.29 is 0 Å². The van der Waals surface area contributed by atoms with Gasteiger partial charge in [-0.25, -0.2) is 0 Å². The molecular weight excluding hydrogens is 318 g/mol. The molecular formula is C7H19Br2N3S. The molecule has 0 rings (SSSR count). The van der Waals surface area contributed by atoms with Crippen molar-refractivity contribution in [3.05, 3.63) is 0 Å². The molecule has 6 heteroatoms. The Morgan fingerprint density at radius 3 is 2.38 bits per heavy atom. The summed E-state index contributed by atoms with van der Waals surface area (Å²) in [6.45, 7) is 6.56. The van der Waals surface area contributed by atoms with E-state index >= 15 is 0 Å². The number of rotatable bonds is 4. The Balaban J connectivity index is -0.000000500. The number of hydrogen-bond acceptors (Lipinski definition) is 3. The molecule has 13 heavy (non-hydrogen) atoms. The van der Waals surface area contributed by atoms with Crippen LogP contribution in [-0.4, -0.2) is 30.6 Å². The molecule has 0 fully saturated rings. The molecule has 0 radical (unpaired) electrons. The van der Waals surface area contributed by atoms with Gasteiger partial charge in [0.25, 0.3) is 0 Å². The van der Waals surface area contributed by atoms with E-state index in [9.17, 15) is 0 Å². The Bertz CT molecular complexity index is 122. The first-order chi connectivity index (χ1) is 5.35. The molecule has 0 aliphatic heterocycles. The Morgan fingerprint density at radius 1 is 1.38 bits per heavy atom. The third-order valence-corrected chi connectivity index (χ3v) is 1.97. The van der Waals surface area contributed by atoms with Crippen molar-refractivity contribution in [3.63, 3.8) is 0 Å². The quantitative estimate of drug-likeness (QED) is 0.608. The predicted octanol–water partition coefficient (Wildman–Crippen LogP) is 1.82. The van der Waals surface area contributed by atoms with Crippen LogP contribution >= 0.6 is 45.7 Å². The summed E-state index contributed by atoms with van der Waals surface area (Å²) in [5.41, 5.74) is 5.37. The number of nitrogens with one attached hydrogen (secondary N) is 1. The molecule has 0 aliphatic carbocycles. The molecule has 82 valence electrons. The molecule has 0 heterocycles. The van der Waals surface area contributed by atoms with Gasteiger partial charge >= 0.3 is 0 Å². The summed E-state index contributed by atoms with van der Waals surface area (Å²) in [7, 11) is 0. The van der Waals surface area contributed by atoms with Gasteiger partial charge in [0.05, 0.1) is 0 Å². The molecule has 0 atom stereocenters. The molecule has 0 saturated heterocycles. The molecule has 0 unspecified atom stereocenters. The lowest BCUT2D eigenvalue weighted by Crippen LogP contribution is -2.21. The van der Waals surface area contributed by atoms with Gasteiger partial charge < -0.3 is 11.1 Å². The SMILES string of the molecule is Br.Br.CCN=C(NCC)SCCN. The molecule has 0 aromatic rings. The first-order valence-corrected chi connectivity index (χ1v) is 4.94. The number of thioether (sulfide) groups is 1. The number of aliphatic imine (C=N–C) groups is 1. The summed E-state index contributed by atoms with van der Waals surface area (Å²) in [6, 6.07) is 0. The van der Waals surface area contributed by atoms with Crippen LogP contribution in [0.4, 0.5) is 0 Å². The molecule has 3 nitrogen and oxygen atoms in total. The Morgan fingerprint density at radius 2 is 2.00 bits per heavy atom. The number of nitrogens with two attached hydrogens (primary N) is 1. The highest BCUT2D eigenvalue weighted by atomic mass is 79.9. The van der Waals surface area contributed by atoms with Crippen LogP contribution in [0.15, 0.2) is 4.99 Å². The third kappa shape index (κ3) is 12.7. The van der Waals surface area contributed by atoms with Gasteiger partial charge in [0, 0.05) is 25.4 Å². The molecule has 0 spiro atoms. The van der Waals surface area contributed by atoms with Crippen LogP contribution in [0, 0.1) is 0 Å². The van der Waals surface area contributed by atoms with Crippen LogP contribution in [0.3, 0.4) is 0 Å². The predicted molar refractivity (Wildman–Crippen MR) is 73.8 cm³/mol. The molecule has 3 N–H and O–H groups in total. The minimum atomic E-state index is 0. The fraction of sp³-hybridized carbons (Fsp3) is 0.857. The molecule has 0 amide bonds. The fourth-order valence-corrected chi connectivity index (χ4v) is 1.38. The van der Waals surface area contributed by atoms with E-state index < -0.39 is 0 Å². The lowest BCUT2D eigenvalue weighted by atomic mass is 10.7. The van der Waals surface area contributed by atoms with Crippen LogP contribution in [0.25, 0.3) is 0 Å². The van der Waals surface area contributed by atoms with Crippen molar-refractivity contribution in [1.29, 1.82) is 0 Å². The van der Waals surface area contributed by atoms with Crippen LogP contribution in [0.2, 0.25) is 0 Å². The van der Waals surface area contributed by atoms with Crippen LogP contribution < -0.4 is 11.1 Å². The van der Waals surface area contributed by atoms with Crippen molar-refractivity contribution in [2.24, 2.45) is 10.7 Å². The van der Waals surface area contributed by atoms with Crippen molar-refractivity contribution in [3.8, 4) is 0 Å². The first kappa shape index (κ1) is 19.3. The molecule has 0 aromatic carbocycles. The molecule has 0 saturated carbocycles. The van der Waals surface area contributed by atoms with Crippen LogP contribution in [-0.2, 0) is 0 Å². The topological polar surface area (TPSA) is 50.4 Å². The van der Waals surface area contributed by atoms with E-state index in [2.05, 4.69) is 17.2 Å². The number of hydrogen-bond donors (Lipinski definition) is 2. The van der Waals surface area contributed by atoms with Gasteiger partial charge in [-0.05, 0) is 13.8 Å². The van der Waals surface area contributed by atoms with E-state index in [4.69, 9.17) is 5.73 Å². The third-order valence-electron chi connectivity index (χ3n) is 0.986. The smallest absolute Gasteiger partial charge is 0.156 e. The maximum Gasteiger partial charge on any atom is 0.156 e. The van der Waals surface area contributed by atoms with E-state index in [-0.39, 0.29) is 34.0 Å². The highest BCUT2D eigenvalue weighted by molar-refractivity contribution is 8.93.